The molecule has 122 valence electrons. The molecule has 0 aliphatic heterocycles. The summed E-state index contributed by atoms with van der Waals surface area (Å²) in [5.74, 6) is -0.711. The normalized spacial score (nSPS) is 11.0. The summed E-state index contributed by atoms with van der Waals surface area (Å²) < 4.78 is 31.7. The van der Waals surface area contributed by atoms with Crippen LogP contribution >= 0.6 is 0 Å². The predicted molar refractivity (Wildman–Crippen MR) is 88.4 cm³/mol. The standard InChI is InChI=1S/C16H18N2O4S/c1-22-16(19)14-7-13(10-17)8-15(9-14)18-23(20,21)11-12-5-3-2-4-6-12/h2-9,18H,10-11,17H2,1H3. The van der Waals surface area contributed by atoms with Crippen LogP contribution in [0.4, 0.5) is 5.69 Å². The van der Waals surface area contributed by atoms with E-state index in [4.69, 9.17) is 5.73 Å². The molecule has 3 N–H and O–H groups in total. The summed E-state index contributed by atoms with van der Waals surface area (Å²) in [6, 6.07) is 13.4. The molecule has 0 atom stereocenters. The Hall–Kier alpha value is -2.38. The summed E-state index contributed by atoms with van der Waals surface area (Å²) >= 11 is 0. The second-order valence-corrected chi connectivity index (χ2v) is 6.68. The van der Waals surface area contributed by atoms with Gasteiger partial charge in [-0.2, -0.15) is 0 Å². The third-order valence-electron chi connectivity index (χ3n) is 3.12. The zero-order valence-corrected chi connectivity index (χ0v) is 13.5. The summed E-state index contributed by atoms with van der Waals surface area (Å²) in [6.45, 7) is 0.179. The fourth-order valence-electron chi connectivity index (χ4n) is 2.11. The van der Waals surface area contributed by atoms with Crippen LogP contribution in [0.1, 0.15) is 21.5 Å². The first kappa shape index (κ1) is 17.0. The highest BCUT2D eigenvalue weighted by Gasteiger charge is 2.14. The Morgan fingerprint density at radius 3 is 2.43 bits per heavy atom. The molecule has 6 nitrogen and oxygen atoms in total. The lowest BCUT2D eigenvalue weighted by Gasteiger charge is -2.11. The van der Waals surface area contributed by atoms with Crippen LogP contribution in [0.2, 0.25) is 0 Å². The molecule has 2 rings (SSSR count). The van der Waals surface area contributed by atoms with Gasteiger partial charge in [-0.3, -0.25) is 4.72 Å². The molecule has 0 spiro atoms. The minimum Gasteiger partial charge on any atom is -0.465 e. The van der Waals surface area contributed by atoms with E-state index in [1.165, 1.54) is 13.2 Å². The van der Waals surface area contributed by atoms with Crippen molar-refractivity contribution in [3.05, 3.63) is 65.2 Å². The van der Waals surface area contributed by atoms with E-state index >= 15 is 0 Å². The van der Waals surface area contributed by atoms with Gasteiger partial charge in [-0.25, -0.2) is 13.2 Å². The number of benzene rings is 2. The second kappa shape index (κ2) is 7.26. The van der Waals surface area contributed by atoms with E-state index in [1.807, 2.05) is 6.07 Å². The second-order valence-electron chi connectivity index (χ2n) is 4.96. The van der Waals surface area contributed by atoms with Crippen LogP contribution in [0.3, 0.4) is 0 Å². The van der Waals surface area contributed by atoms with E-state index in [-0.39, 0.29) is 23.5 Å². The summed E-state index contributed by atoms with van der Waals surface area (Å²) in [7, 11) is -2.34. The van der Waals surface area contributed by atoms with Gasteiger partial charge in [0.25, 0.3) is 0 Å². The van der Waals surface area contributed by atoms with E-state index in [0.29, 0.717) is 11.1 Å². The number of hydrogen-bond donors (Lipinski definition) is 2. The predicted octanol–water partition coefficient (Wildman–Crippen LogP) is 1.87. The number of rotatable bonds is 6. The van der Waals surface area contributed by atoms with Crippen molar-refractivity contribution in [3.8, 4) is 0 Å². The first-order valence-electron chi connectivity index (χ1n) is 6.90. The molecule has 0 heterocycles. The molecule has 0 aliphatic rings. The third-order valence-corrected chi connectivity index (χ3v) is 4.38. The van der Waals surface area contributed by atoms with Crippen molar-refractivity contribution >= 4 is 21.7 Å². The van der Waals surface area contributed by atoms with Gasteiger partial charge in [0.1, 0.15) is 0 Å². The monoisotopic (exact) mass is 334 g/mol. The highest BCUT2D eigenvalue weighted by molar-refractivity contribution is 7.91. The van der Waals surface area contributed by atoms with Gasteiger partial charge >= 0.3 is 5.97 Å². The number of ether oxygens (including phenoxy) is 1. The Labute approximate surface area is 135 Å². The summed E-state index contributed by atoms with van der Waals surface area (Å²) in [5, 5.41) is 0. The lowest BCUT2D eigenvalue weighted by molar-refractivity contribution is 0.0600. The van der Waals surface area contributed by atoms with Crippen molar-refractivity contribution in [1.82, 2.24) is 0 Å². The molecule has 0 radical (unpaired) electrons. The van der Waals surface area contributed by atoms with Gasteiger partial charge in [0.05, 0.1) is 18.4 Å². The van der Waals surface area contributed by atoms with Crippen LogP contribution in [-0.4, -0.2) is 21.5 Å². The maximum atomic E-state index is 12.3. The third kappa shape index (κ3) is 4.80. The highest BCUT2D eigenvalue weighted by atomic mass is 32.2. The molecule has 0 aromatic heterocycles. The Bertz CT molecular complexity index is 789. The lowest BCUT2D eigenvalue weighted by atomic mass is 10.1. The van der Waals surface area contributed by atoms with Gasteiger partial charge in [-0.05, 0) is 29.3 Å². The number of anilines is 1. The number of methoxy groups -OCH3 is 1. The van der Waals surface area contributed by atoms with Crippen molar-refractivity contribution in [2.24, 2.45) is 5.73 Å². The van der Waals surface area contributed by atoms with Gasteiger partial charge in [0.15, 0.2) is 0 Å². The topological polar surface area (TPSA) is 98.5 Å². The average molecular weight is 334 g/mol. The van der Waals surface area contributed by atoms with Crippen molar-refractivity contribution in [2.75, 3.05) is 11.8 Å². The number of esters is 1. The minimum atomic E-state index is -3.60. The van der Waals surface area contributed by atoms with Crippen molar-refractivity contribution in [2.45, 2.75) is 12.3 Å². The van der Waals surface area contributed by atoms with Crippen LogP contribution in [0.25, 0.3) is 0 Å². The number of carbonyl (C=O) groups is 1. The van der Waals surface area contributed by atoms with E-state index in [9.17, 15) is 13.2 Å². The highest BCUT2D eigenvalue weighted by Crippen LogP contribution is 2.18. The van der Waals surface area contributed by atoms with E-state index in [2.05, 4.69) is 9.46 Å². The van der Waals surface area contributed by atoms with Crippen molar-refractivity contribution in [1.29, 1.82) is 0 Å². The zero-order valence-electron chi connectivity index (χ0n) is 12.7. The van der Waals surface area contributed by atoms with Crippen molar-refractivity contribution in [3.63, 3.8) is 0 Å². The largest absolute Gasteiger partial charge is 0.465 e. The quantitative estimate of drug-likeness (QED) is 0.786. The van der Waals surface area contributed by atoms with Gasteiger partial charge in [0, 0.05) is 12.2 Å². The average Bonchev–Trinajstić information content (AvgIpc) is 2.53. The molecule has 0 amide bonds. The van der Waals surface area contributed by atoms with Gasteiger partial charge in [-0.1, -0.05) is 30.3 Å². The Kier molecular flexibility index (Phi) is 5.36. The lowest BCUT2D eigenvalue weighted by Crippen LogP contribution is -2.16. The van der Waals surface area contributed by atoms with Crippen molar-refractivity contribution < 1.29 is 17.9 Å². The molecule has 0 fully saturated rings. The first-order chi connectivity index (χ1) is 10.9. The number of nitrogens with one attached hydrogen (secondary N) is 1. The summed E-state index contributed by atoms with van der Waals surface area (Å²) in [4.78, 5) is 11.7. The Morgan fingerprint density at radius 2 is 1.83 bits per heavy atom. The fourth-order valence-corrected chi connectivity index (χ4v) is 3.29. The first-order valence-corrected chi connectivity index (χ1v) is 8.55. The fraction of sp³-hybridized carbons (Fsp3) is 0.188. The smallest absolute Gasteiger partial charge is 0.337 e. The molecule has 0 unspecified atom stereocenters. The maximum absolute atomic E-state index is 12.3. The Balaban J connectivity index is 2.26. The van der Waals surface area contributed by atoms with Gasteiger partial charge < -0.3 is 10.5 Å². The van der Waals surface area contributed by atoms with E-state index in [1.54, 1.807) is 36.4 Å². The van der Waals surface area contributed by atoms with Crippen LogP contribution in [0.15, 0.2) is 48.5 Å². The molecular formula is C16H18N2O4S. The number of hydrogen-bond acceptors (Lipinski definition) is 5. The molecule has 7 heteroatoms. The molecular weight excluding hydrogens is 316 g/mol. The van der Waals surface area contributed by atoms with E-state index < -0.39 is 16.0 Å². The van der Waals surface area contributed by atoms with Gasteiger partial charge in [-0.15, -0.1) is 0 Å². The Morgan fingerprint density at radius 1 is 1.13 bits per heavy atom. The summed E-state index contributed by atoms with van der Waals surface area (Å²) in [6.07, 6.45) is 0. The SMILES string of the molecule is COC(=O)c1cc(CN)cc(NS(=O)(=O)Cc2ccccc2)c1. The molecule has 0 saturated carbocycles. The zero-order chi connectivity index (χ0) is 16.9. The van der Waals surface area contributed by atoms with Crippen LogP contribution in [0.5, 0.6) is 0 Å². The number of sulfonamides is 1. The molecule has 0 aliphatic carbocycles. The molecule has 23 heavy (non-hydrogen) atoms. The van der Waals surface area contributed by atoms with E-state index in [0.717, 1.165) is 0 Å². The number of carbonyl (C=O) groups excluding carboxylic acids is 1. The van der Waals surface area contributed by atoms with Crippen LogP contribution < -0.4 is 10.5 Å². The van der Waals surface area contributed by atoms with Crippen LogP contribution in [-0.2, 0) is 27.1 Å². The van der Waals surface area contributed by atoms with Crippen LogP contribution in [0, 0.1) is 0 Å². The molecule has 0 bridgehead atoms. The van der Waals surface area contributed by atoms with Gasteiger partial charge in [0.2, 0.25) is 10.0 Å². The maximum Gasteiger partial charge on any atom is 0.337 e. The number of nitrogens with two attached hydrogens (primary N) is 1. The minimum absolute atomic E-state index is 0.158. The molecule has 2 aromatic rings. The summed E-state index contributed by atoms with van der Waals surface area (Å²) in [5.41, 5.74) is 7.41. The molecule has 0 saturated heterocycles. The molecule has 2 aromatic carbocycles.